The first kappa shape index (κ1) is 12.6. The Morgan fingerprint density at radius 3 is 2.89 bits per heavy atom. The number of carbonyl (C=O) groups excluding carboxylic acids is 1. The summed E-state index contributed by atoms with van der Waals surface area (Å²) in [5.41, 5.74) is -0.0645. The number of ether oxygens (including phenoxy) is 1. The number of aromatic carboxylic acids is 1. The predicted molar refractivity (Wildman–Crippen MR) is 58.4 cm³/mol. The summed E-state index contributed by atoms with van der Waals surface area (Å²) in [6.45, 7) is 0.822. The summed E-state index contributed by atoms with van der Waals surface area (Å²) in [6, 6.07) is 1.19. The maximum absolute atomic E-state index is 12.0. The van der Waals surface area contributed by atoms with Gasteiger partial charge in [0.25, 0.3) is 5.91 Å². The molecule has 0 aliphatic carbocycles. The predicted octanol–water partition coefficient (Wildman–Crippen LogP) is -0.189. The first-order valence-corrected chi connectivity index (χ1v) is 5.45. The quantitative estimate of drug-likeness (QED) is 0.776. The van der Waals surface area contributed by atoms with Crippen LogP contribution in [0.25, 0.3) is 0 Å². The molecule has 1 aromatic rings. The van der Waals surface area contributed by atoms with Gasteiger partial charge < -0.3 is 24.3 Å². The van der Waals surface area contributed by atoms with Crippen LogP contribution in [-0.2, 0) is 4.74 Å². The van der Waals surface area contributed by atoms with Gasteiger partial charge in [0.05, 0.1) is 24.9 Å². The van der Waals surface area contributed by atoms with Crippen molar-refractivity contribution in [3.8, 4) is 0 Å². The zero-order chi connectivity index (χ0) is 13.1. The Balaban J connectivity index is 2.07. The molecule has 18 heavy (non-hydrogen) atoms. The Morgan fingerprint density at radius 2 is 2.28 bits per heavy atom. The summed E-state index contributed by atoms with van der Waals surface area (Å²) in [6.07, 6.45) is 0.621. The van der Waals surface area contributed by atoms with E-state index in [4.69, 9.17) is 19.4 Å². The summed E-state index contributed by atoms with van der Waals surface area (Å²) >= 11 is 0. The summed E-state index contributed by atoms with van der Waals surface area (Å²) in [5.74, 6) is -1.57. The second-order valence-electron chi connectivity index (χ2n) is 3.93. The fourth-order valence-electron chi connectivity index (χ4n) is 1.73. The third kappa shape index (κ3) is 2.52. The number of aliphatic hydroxyl groups excluding tert-OH is 1. The summed E-state index contributed by atoms with van der Waals surface area (Å²) < 4.78 is 10.2. The number of aliphatic hydroxyl groups is 1. The first-order valence-electron chi connectivity index (χ1n) is 5.45. The van der Waals surface area contributed by atoms with Gasteiger partial charge in [-0.05, 0) is 0 Å². The number of morpholine rings is 1. The molecule has 0 spiro atoms. The van der Waals surface area contributed by atoms with E-state index in [1.54, 1.807) is 0 Å². The Hall–Kier alpha value is -1.86. The number of rotatable bonds is 3. The van der Waals surface area contributed by atoms with Crippen LogP contribution in [0.4, 0.5) is 0 Å². The topological polar surface area (TPSA) is 100 Å². The van der Waals surface area contributed by atoms with E-state index in [0.29, 0.717) is 13.2 Å². The average molecular weight is 255 g/mol. The van der Waals surface area contributed by atoms with Crippen molar-refractivity contribution >= 4 is 11.9 Å². The number of hydrogen-bond acceptors (Lipinski definition) is 5. The van der Waals surface area contributed by atoms with E-state index in [2.05, 4.69) is 0 Å². The van der Waals surface area contributed by atoms with Crippen LogP contribution in [0.5, 0.6) is 0 Å². The van der Waals surface area contributed by atoms with E-state index in [9.17, 15) is 9.59 Å². The summed E-state index contributed by atoms with van der Waals surface area (Å²) in [7, 11) is 0. The normalized spacial score (nSPS) is 19.8. The number of amides is 1. The second kappa shape index (κ2) is 5.19. The SMILES string of the molecule is O=C(O)c1coc(C(=O)N2CCOC(CO)C2)c1. The smallest absolute Gasteiger partial charge is 0.338 e. The number of carboxylic acids is 1. The Morgan fingerprint density at radius 1 is 1.50 bits per heavy atom. The summed E-state index contributed by atoms with van der Waals surface area (Å²) in [4.78, 5) is 24.1. The van der Waals surface area contributed by atoms with Gasteiger partial charge in [0.2, 0.25) is 0 Å². The minimum atomic E-state index is -1.15. The lowest BCUT2D eigenvalue weighted by Crippen LogP contribution is -2.46. The average Bonchev–Trinajstić information content (AvgIpc) is 2.87. The number of furan rings is 1. The van der Waals surface area contributed by atoms with Gasteiger partial charge in [0.1, 0.15) is 6.26 Å². The van der Waals surface area contributed by atoms with Crippen LogP contribution >= 0.6 is 0 Å². The second-order valence-corrected chi connectivity index (χ2v) is 3.93. The zero-order valence-electron chi connectivity index (χ0n) is 9.54. The van der Waals surface area contributed by atoms with Crippen molar-refractivity contribution in [1.82, 2.24) is 4.90 Å². The van der Waals surface area contributed by atoms with Crippen molar-refractivity contribution in [2.75, 3.05) is 26.3 Å². The molecule has 1 atom stereocenters. The maximum Gasteiger partial charge on any atom is 0.338 e. The van der Waals surface area contributed by atoms with E-state index in [-0.39, 0.29) is 24.5 Å². The Kier molecular flexibility index (Phi) is 3.63. The van der Waals surface area contributed by atoms with E-state index in [0.717, 1.165) is 6.26 Å². The lowest BCUT2D eigenvalue weighted by Gasteiger charge is -2.31. The molecule has 0 saturated carbocycles. The van der Waals surface area contributed by atoms with Crippen LogP contribution in [0.1, 0.15) is 20.9 Å². The molecule has 1 saturated heterocycles. The number of carbonyl (C=O) groups is 2. The minimum Gasteiger partial charge on any atom is -0.478 e. The van der Waals surface area contributed by atoms with Gasteiger partial charge in [0, 0.05) is 19.2 Å². The van der Waals surface area contributed by atoms with Crippen molar-refractivity contribution in [3.63, 3.8) is 0 Å². The highest BCUT2D eigenvalue weighted by Crippen LogP contribution is 2.13. The van der Waals surface area contributed by atoms with Gasteiger partial charge in [-0.3, -0.25) is 4.79 Å². The van der Waals surface area contributed by atoms with Crippen LogP contribution < -0.4 is 0 Å². The van der Waals surface area contributed by atoms with Crippen molar-refractivity contribution in [2.24, 2.45) is 0 Å². The third-order valence-electron chi connectivity index (χ3n) is 2.69. The van der Waals surface area contributed by atoms with Crippen molar-refractivity contribution in [2.45, 2.75) is 6.10 Å². The van der Waals surface area contributed by atoms with E-state index in [1.165, 1.54) is 11.0 Å². The van der Waals surface area contributed by atoms with Crippen LogP contribution in [-0.4, -0.2) is 59.4 Å². The largest absolute Gasteiger partial charge is 0.478 e. The Labute approximate surface area is 103 Å². The van der Waals surface area contributed by atoms with Crippen LogP contribution in [0.15, 0.2) is 16.7 Å². The Bertz CT molecular complexity index is 454. The fraction of sp³-hybridized carbons (Fsp3) is 0.455. The van der Waals surface area contributed by atoms with Gasteiger partial charge >= 0.3 is 5.97 Å². The molecule has 2 N–H and O–H groups in total. The molecule has 1 unspecified atom stereocenters. The molecule has 98 valence electrons. The van der Waals surface area contributed by atoms with Crippen LogP contribution in [0.2, 0.25) is 0 Å². The van der Waals surface area contributed by atoms with Crippen LogP contribution in [0, 0.1) is 0 Å². The number of carboxylic acid groups (broad SMARTS) is 1. The van der Waals surface area contributed by atoms with Crippen molar-refractivity contribution < 1.29 is 29.0 Å². The van der Waals surface area contributed by atoms with Crippen molar-refractivity contribution in [3.05, 3.63) is 23.7 Å². The highest BCUT2D eigenvalue weighted by Gasteiger charge is 2.26. The molecular weight excluding hydrogens is 242 g/mol. The van der Waals surface area contributed by atoms with Crippen LogP contribution in [0.3, 0.4) is 0 Å². The first-order chi connectivity index (χ1) is 8.61. The third-order valence-corrected chi connectivity index (χ3v) is 2.69. The number of hydrogen-bond donors (Lipinski definition) is 2. The lowest BCUT2D eigenvalue weighted by molar-refractivity contribution is -0.0453. The monoisotopic (exact) mass is 255 g/mol. The molecule has 0 radical (unpaired) electrons. The lowest BCUT2D eigenvalue weighted by atomic mass is 10.2. The maximum atomic E-state index is 12.0. The molecule has 7 heteroatoms. The minimum absolute atomic E-state index is 0.0222. The van der Waals surface area contributed by atoms with Gasteiger partial charge in [-0.25, -0.2) is 4.79 Å². The van der Waals surface area contributed by atoms with Gasteiger partial charge in [0.15, 0.2) is 5.76 Å². The molecule has 0 bridgehead atoms. The standard InChI is InChI=1S/C11H13NO6/c13-5-8-4-12(1-2-17-8)10(14)9-3-7(6-18-9)11(15)16/h3,6,8,13H,1-2,4-5H2,(H,15,16). The molecule has 1 fully saturated rings. The molecule has 1 amide bonds. The zero-order valence-corrected chi connectivity index (χ0v) is 9.54. The van der Waals surface area contributed by atoms with E-state index < -0.39 is 18.0 Å². The highest BCUT2D eigenvalue weighted by atomic mass is 16.5. The number of nitrogens with zero attached hydrogens (tertiary/aromatic N) is 1. The van der Waals surface area contributed by atoms with E-state index in [1.807, 2.05) is 0 Å². The summed E-state index contributed by atoms with van der Waals surface area (Å²) in [5, 5.41) is 17.7. The molecule has 7 nitrogen and oxygen atoms in total. The van der Waals surface area contributed by atoms with Gasteiger partial charge in [-0.2, -0.15) is 0 Å². The van der Waals surface area contributed by atoms with Gasteiger partial charge in [-0.15, -0.1) is 0 Å². The van der Waals surface area contributed by atoms with Crippen molar-refractivity contribution in [1.29, 1.82) is 0 Å². The molecular formula is C11H13NO6. The fourth-order valence-corrected chi connectivity index (χ4v) is 1.73. The molecule has 2 heterocycles. The molecule has 1 aliphatic rings. The molecule has 0 aromatic carbocycles. The van der Waals surface area contributed by atoms with E-state index >= 15 is 0 Å². The highest BCUT2D eigenvalue weighted by molar-refractivity contribution is 5.95. The molecule has 1 aliphatic heterocycles. The molecule has 2 rings (SSSR count). The molecule has 1 aromatic heterocycles. The van der Waals surface area contributed by atoms with Gasteiger partial charge in [-0.1, -0.05) is 0 Å².